The minimum absolute atomic E-state index is 0.0523. The van der Waals surface area contributed by atoms with Gasteiger partial charge in [0.1, 0.15) is 0 Å². The molecule has 0 spiro atoms. The third-order valence-corrected chi connectivity index (χ3v) is 4.90. The number of rotatable bonds is 6. The molecule has 0 radical (unpaired) electrons. The molecule has 0 bridgehead atoms. The predicted molar refractivity (Wildman–Crippen MR) is 64.7 cm³/mol. The number of hydrogen-bond donors (Lipinski definition) is 0. The smallest absolute Gasteiger partial charge is 0.0621 e. The van der Waals surface area contributed by atoms with Gasteiger partial charge in [0.15, 0.2) is 0 Å². The highest BCUT2D eigenvalue weighted by Crippen LogP contribution is 2.40. The molecule has 0 aliphatic heterocycles. The Balaban J connectivity index is 4.03. The summed E-state index contributed by atoms with van der Waals surface area (Å²) < 4.78 is 2.58. The van der Waals surface area contributed by atoms with Gasteiger partial charge >= 0.3 is 0 Å². The van der Waals surface area contributed by atoms with Gasteiger partial charge in [-0.05, 0) is 55.0 Å². The van der Waals surface area contributed by atoms with Crippen LogP contribution >= 0.6 is 8.07 Å². The summed E-state index contributed by atoms with van der Waals surface area (Å²) in [6.45, 7) is 11.3. The molecule has 0 aliphatic rings. The zero-order valence-corrected chi connectivity index (χ0v) is 11.0. The molecule has 0 rings (SSSR count). The molecule has 3 heteroatoms. The van der Waals surface area contributed by atoms with E-state index in [1.54, 1.807) is 0 Å². The van der Waals surface area contributed by atoms with Crippen molar-refractivity contribution in [2.45, 2.75) is 52.6 Å². The predicted octanol–water partition coefficient (Wildman–Crippen LogP) is 3.44. The zero-order chi connectivity index (χ0) is 11.1. The summed E-state index contributed by atoms with van der Waals surface area (Å²) in [4.78, 5) is 0. The van der Waals surface area contributed by atoms with Gasteiger partial charge in [-0.3, -0.25) is 4.67 Å². The largest absolute Gasteiger partial charge is 0.277 e. The van der Waals surface area contributed by atoms with Gasteiger partial charge < -0.3 is 0 Å². The lowest BCUT2D eigenvalue weighted by atomic mass is 10.3. The van der Waals surface area contributed by atoms with Gasteiger partial charge in [-0.15, -0.1) is 0 Å². The van der Waals surface area contributed by atoms with Crippen LogP contribution in [0.5, 0.6) is 0 Å². The van der Waals surface area contributed by atoms with Crippen molar-refractivity contribution in [1.82, 2.24) is 4.67 Å². The fourth-order valence-corrected chi connectivity index (χ4v) is 4.31. The van der Waals surface area contributed by atoms with Gasteiger partial charge in [0, 0.05) is 18.5 Å². The lowest BCUT2D eigenvalue weighted by Crippen LogP contribution is -2.32. The van der Waals surface area contributed by atoms with E-state index in [2.05, 4.69) is 45.1 Å². The van der Waals surface area contributed by atoms with Crippen LogP contribution in [0.25, 0.3) is 0 Å². The second-order valence-electron chi connectivity index (χ2n) is 4.21. The Morgan fingerprint density at radius 3 is 2.07 bits per heavy atom. The van der Waals surface area contributed by atoms with Crippen molar-refractivity contribution < 1.29 is 0 Å². The first-order valence-electron chi connectivity index (χ1n) is 5.37. The quantitative estimate of drug-likeness (QED) is 0.500. The molecular formula is C11H23N2P. The highest BCUT2D eigenvalue weighted by molar-refractivity contribution is 7.54. The minimum Gasteiger partial charge on any atom is -0.277 e. The summed E-state index contributed by atoms with van der Waals surface area (Å²) in [5.74, 6) is 0. The van der Waals surface area contributed by atoms with Crippen molar-refractivity contribution >= 4 is 8.07 Å². The van der Waals surface area contributed by atoms with Crippen LogP contribution in [0.15, 0.2) is 0 Å². The number of nitrogens with zero attached hydrogens (tertiary/aromatic N) is 2. The molecular weight excluding hydrogens is 191 g/mol. The number of nitriles is 1. The zero-order valence-electron chi connectivity index (χ0n) is 10.1. The molecule has 0 aliphatic carbocycles. The lowest BCUT2D eigenvalue weighted by molar-refractivity contribution is 0.323. The maximum Gasteiger partial charge on any atom is 0.0621 e. The van der Waals surface area contributed by atoms with Crippen LogP contribution in [-0.4, -0.2) is 29.6 Å². The summed E-state index contributed by atoms with van der Waals surface area (Å²) in [5.41, 5.74) is 0. The van der Waals surface area contributed by atoms with Crippen LogP contribution in [0.4, 0.5) is 0 Å². The van der Waals surface area contributed by atoms with E-state index >= 15 is 0 Å². The van der Waals surface area contributed by atoms with E-state index in [-0.39, 0.29) is 8.07 Å². The van der Waals surface area contributed by atoms with Gasteiger partial charge in [0.05, 0.1) is 6.07 Å². The van der Waals surface area contributed by atoms with E-state index in [1.165, 1.54) is 6.16 Å². The average molecular weight is 214 g/mol. The molecule has 0 aromatic heterocycles. The third kappa shape index (κ3) is 4.94. The normalized spacial score (nSPS) is 13.6. The summed E-state index contributed by atoms with van der Waals surface area (Å²) in [6.07, 6.45) is 2.95. The Kier molecular flexibility index (Phi) is 7.15. The van der Waals surface area contributed by atoms with Gasteiger partial charge in [0.2, 0.25) is 0 Å². The first kappa shape index (κ1) is 13.9. The Morgan fingerprint density at radius 2 is 1.71 bits per heavy atom. The molecule has 14 heavy (non-hydrogen) atoms. The van der Waals surface area contributed by atoms with Gasteiger partial charge in [-0.2, -0.15) is 5.26 Å². The van der Waals surface area contributed by atoms with Crippen molar-refractivity contribution in [2.75, 3.05) is 12.8 Å². The monoisotopic (exact) mass is 214 g/mol. The molecule has 0 N–H and O–H groups in total. The van der Waals surface area contributed by atoms with E-state index in [0.29, 0.717) is 18.5 Å². The maximum atomic E-state index is 8.48. The summed E-state index contributed by atoms with van der Waals surface area (Å²) >= 11 is 0. The Bertz CT molecular complexity index is 176. The van der Waals surface area contributed by atoms with Crippen molar-refractivity contribution in [2.24, 2.45) is 0 Å². The van der Waals surface area contributed by atoms with Crippen LogP contribution in [-0.2, 0) is 0 Å². The van der Waals surface area contributed by atoms with Crippen molar-refractivity contribution in [1.29, 1.82) is 5.26 Å². The minimum atomic E-state index is -0.0523. The molecule has 0 amide bonds. The van der Waals surface area contributed by atoms with Crippen molar-refractivity contribution in [3.8, 4) is 6.07 Å². The second kappa shape index (κ2) is 7.21. The number of hydrogen-bond acceptors (Lipinski definition) is 2. The topological polar surface area (TPSA) is 27.0 Å². The van der Waals surface area contributed by atoms with Gasteiger partial charge in [-0.25, -0.2) is 0 Å². The third-order valence-electron chi connectivity index (χ3n) is 2.22. The van der Waals surface area contributed by atoms with E-state index in [0.717, 1.165) is 6.42 Å². The summed E-state index contributed by atoms with van der Waals surface area (Å²) in [6, 6.07) is 3.45. The van der Waals surface area contributed by atoms with E-state index in [9.17, 15) is 0 Å². The Labute approximate surface area is 90.1 Å². The molecule has 1 atom stereocenters. The molecule has 0 fully saturated rings. The molecule has 1 unspecified atom stereocenters. The molecule has 0 heterocycles. The van der Waals surface area contributed by atoms with Gasteiger partial charge in [0.25, 0.3) is 0 Å². The van der Waals surface area contributed by atoms with E-state index in [4.69, 9.17) is 5.26 Å². The number of unbranched alkanes of at least 4 members (excludes halogenated alkanes) is 1. The average Bonchev–Trinajstić information content (AvgIpc) is 2.03. The Morgan fingerprint density at radius 1 is 1.21 bits per heavy atom. The van der Waals surface area contributed by atoms with Crippen LogP contribution in [0.3, 0.4) is 0 Å². The highest BCUT2D eigenvalue weighted by atomic mass is 31.1. The standard InChI is InChI=1S/C11H23N2P/c1-10(2)13(11(3)4)14(5)9-7-6-8-12/h10-11H,6-7,9H2,1-5H3. The molecule has 2 nitrogen and oxygen atoms in total. The van der Waals surface area contributed by atoms with E-state index < -0.39 is 0 Å². The van der Waals surface area contributed by atoms with E-state index in [1.807, 2.05) is 0 Å². The molecule has 0 aromatic rings. The van der Waals surface area contributed by atoms with Crippen molar-refractivity contribution in [3.05, 3.63) is 0 Å². The lowest BCUT2D eigenvalue weighted by Gasteiger charge is -2.36. The fourth-order valence-electron chi connectivity index (χ4n) is 1.89. The SMILES string of the molecule is CC(C)N(C(C)C)P(C)CCCC#N. The molecule has 0 saturated carbocycles. The first-order chi connectivity index (χ1) is 6.50. The molecule has 0 aromatic carbocycles. The second-order valence-corrected chi connectivity index (χ2v) is 6.43. The van der Waals surface area contributed by atoms with Gasteiger partial charge in [-0.1, -0.05) is 0 Å². The maximum absolute atomic E-state index is 8.48. The Hall–Kier alpha value is -0.120. The van der Waals surface area contributed by atoms with Crippen LogP contribution in [0, 0.1) is 11.3 Å². The summed E-state index contributed by atoms with van der Waals surface area (Å²) in [7, 11) is -0.0523. The molecule has 0 saturated heterocycles. The van der Waals surface area contributed by atoms with Crippen LogP contribution in [0.1, 0.15) is 40.5 Å². The highest BCUT2D eigenvalue weighted by Gasteiger charge is 2.19. The van der Waals surface area contributed by atoms with Crippen molar-refractivity contribution in [3.63, 3.8) is 0 Å². The fraction of sp³-hybridized carbons (Fsp3) is 0.909. The molecule has 82 valence electrons. The summed E-state index contributed by atoms with van der Waals surface area (Å²) in [5, 5.41) is 8.48. The first-order valence-corrected chi connectivity index (χ1v) is 7.29. The van der Waals surface area contributed by atoms with Crippen LogP contribution < -0.4 is 0 Å². The van der Waals surface area contributed by atoms with Crippen LogP contribution in [0.2, 0.25) is 0 Å².